The van der Waals surface area contributed by atoms with Crippen LogP contribution < -0.4 is 10.9 Å². The highest BCUT2D eigenvalue weighted by atomic mass is 32.2. The van der Waals surface area contributed by atoms with Gasteiger partial charge >= 0.3 is 0 Å². The van der Waals surface area contributed by atoms with Gasteiger partial charge in [-0.2, -0.15) is 4.31 Å². The second-order valence-electron chi connectivity index (χ2n) is 6.66. The maximum absolute atomic E-state index is 12.9. The van der Waals surface area contributed by atoms with E-state index in [0.29, 0.717) is 18.8 Å². The number of rotatable bonds is 4. The molecule has 27 heavy (non-hydrogen) atoms. The average Bonchev–Trinajstić information content (AvgIpc) is 2.94. The van der Waals surface area contributed by atoms with Gasteiger partial charge in [-0.25, -0.2) is 8.42 Å². The topological polar surface area (TPSA) is 88.5 Å². The summed E-state index contributed by atoms with van der Waals surface area (Å²) in [5, 5.41) is 2.66. The van der Waals surface area contributed by atoms with Crippen molar-refractivity contribution in [2.45, 2.75) is 30.6 Å². The van der Waals surface area contributed by atoms with Crippen molar-refractivity contribution in [3.8, 4) is 0 Å². The van der Waals surface area contributed by atoms with Crippen molar-refractivity contribution in [3.05, 3.63) is 58.5 Å². The molecule has 0 atom stereocenters. The first-order valence-corrected chi connectivity index (χ1v) is 10.4. The molecule has 0 radical (unpaired) electrons. The molecule has 1 aliphatic heterocycles. The Morgan fingerprint density at radius 2 is 1.74 bits per heavy atom. The molecule has 1 saturated heterocycles. The summed E-state index contributed by atoms with van der Waals surface area (Å²) in [6, 6.07) is 9.00. The molecule has 3 rings (SSSR count). The number of nitrogens with one attached hydrogen (secondary N) is 1. The summed E-state index contributed by atoms with van der Waals surface area (Å²) in [5.41, 5.74) is 0.301. The number of sulfonamides is 1. The van der Waals surface area contributed by atoms with E-state index >= 15 is 0 Å². The molecule has 1 amide bonds. The Labute approximate surface area is 158 Å². The van der Waals surface area contributed by atoms with Crippen molar-refractivity contribution < 1.29 is 13.2 Å². The molecule has 1 aliphatic rings. The van der Waals surface area contributed by atoms with Gasteiger partial charge in [0.2, 0.25) is 10.0 Å². The van der Waals surface area contributed by atoms with Gasteiger partial charge in [-0.1, -0.05) is 18.9 Å². The zero-order chi connectivity index (χ0) is 19.4. The van der Waals surface area contributed by atoms with Gasteiger partial charge in [0.25, 0.3) is 11.5 Å². The number of aromatic nitrogens is 1. The number of nitrogens with zero attached hydrogens (tertiary/aromatic N) is 2. The highest BCUT2D eigenvalue weighted by Crippen LogP contribution is 2.23. The van der Waals surface area contributed by atoms with E-state index in [0.717, 1.165) is 25.7 Å². The Morgan fingerprint density at radius 3 is 2.41 bits per heavy atom. The number of carbonyl (C=O) groups excluding carboxylic acids is 1. The van der Waals surface area contributed by atoms with Gasteiger partial charge in [-0.3, -0.25) is 9.59 Å². The minimum Gasteiger partial charge on any atom is -0.322 e. The van der Waals surface area contributed by atoms with Crippen LogP contribution in [0.3, 0.4) is 0 Å². The SMILES string of the molecule is Cn1ccc(C(=O)Nc2cccc(S(=O)(=O)N3CCCCCC3)c2)cc1=O. The Hall–Kier alpha value is -2.45. The Kier molecular flexibility index (Phi) is 5.76. The second-order valence-corrected chi connectivity index (χ2v) is 8.60. The lowest BCUT2D eigenvalue weighted by Gasteiger charge is -2.20. The fraction of sp³-hybridized carbons (Fsp3) is 0.368. The van der Waals surface area contributed by atoms with Crippen LogP contribution in [0.2, 0.25) is 0 Å². The largest absolute Gasteiger partial charge is 0.322 e. The van der Waals surface area contributed by atoms with Crippen molar-refractivity contribution in [3.63, 3.8) is 0 Å². The van der Waals surface area contributed by atoms with Crippen LogP contribution in [0, 0.1) is 0 Å². The number of anilines is 1. The number of hydrogen-bond donors (Lipinski definition) is 1. The van der Waals surface area contributed by atoms with Crippen LogP contribution in [0.15, 0.2) is 52.3 Å². The molecular formula is C19H23N3O4S. The zero-order valence-electron chi connectivity index (χ0n) is 15.2. The predicted octanol–water partition coefficient (Wildman–Crippen LogP) is 2.20. The first-order chi connectivity index (χ1) is 12.9. The van der Waals surface area contributed by atoms with Crippen LogP contribution in [0.4, 0.5) is 5.69 Å². The molecule has 0 saturated carbocycles. The molecule has 8 heteroatoms. The van der Waals surface area contributed by atoms with Crippen molar-refractivity contribution in [1.82, 2.24) is 8.87 Å². The van der Waals surface area contributed by atoms with Crippen molar-refractivity contribution in [1.29, 1.82) is 0 Å². The van der Waals surface area contributed by atoms with E-state index < -0.39 is 15.9 Å². The van der Waals surface area contributed by atoms with Crippen molar-refractivity contribution in [2.24, 2.45) is 7.05 Å². The van der Waals surface area contributed by atoms with E-state index in [9.17, 15) is 18.0 Å². The molecule has 144 valence electrons. The monoisotopic (exact) mass is 389 g/mol. The second kappa shape index (κ2) is 8.06. The smallest absolute Gasteiger partial charge is 0.255 e. The van der Waals surface area contributed by atoms with Gasteiger partial charge in [0.15, 0.2) is 0 Å². The first kappa shape index (κ1) is 19.3. The molecule has 1 aromatic carbocycles. The molecule has 2 heterocycles. The average molecular weight is 389 g/mol. The van der Waals surface area contributed by atoms with Gasteiger partial charge in [-0.05, 0) is 37.1 Å². The third kappa shape index (κ3) is 4.45. The molecule has 1 fully saturated rings. The Bertz CT molecular complexity index is 990. The fourth-order valence-electron chi connectivity index (χ4n) is 3.06. The van der Waals surface area contributed by atoms with E-state index in [2.05, 4.69) is 5.32 Å². The van der Waals surface area contributed by atoms with Crippen LogP contribution in [0.5, 0.6) is 0 Å². The maximum atomic E-state index is 12.9. The van der Waals surface area contributed by atoms with E-state index in [1.54, 1.807) is 19.2 Å². The molecule has 2 aromatic rings. The third-order valence-corrected chi connectivity index (χ3v) is 6.56. The van der Waals surface area contributed by atoms with Crippen molar-refractivity contribution >= 4 is 21.6 Å². The summed E-state index contributed by atoms with van der Waals surface area (Å²) in [5.74, 6) is -0.461. The Balaban J connectivity index is 1.81. The quantitative estimate of drug-likeness (QED) is 0.868. The van der Waals surface area contributed by atoms with Gasteiger partial charge in [0, 0.05) is 43.7 Å². The summed E-state index contributed by atoms with van der Waals surface area (Å²) in [7, 11) is -1.99. The lowest BCUT2D eigenvalue weighted by molar-refractivity contribution is 0.102. The number of amides is 1. The van der Waals surface area contributed by atoms with E-state index in [1.165, 1.54) is 39.3 Å². The maximum Gasteiger partial charge on any atom is 0.255 e. The van der Waals surface area contributed by atoms with Crippen molar-refractivity contribution in [2.75, 3.05) is 18.4 Å². The standard InChI is InChI=1S/C19H23N3O4S/c1-21-12-9-15(13-18(21)23)19(24)20-16-7-6-8-17(14-16)27(25,26)22-10-4-2-3-5-11-22/h6-9,12-14H,2-5,10-11H2,1H3,(H,20,24). The molecular weight excluding hydrogens is 366 g/mol. The molecule has 0 aliphatic carbocycles. The number of pyridine rings is 1. The zero-order valence-corrected chi connectivity index (χ0v) is 16.0. The van der Waals surface area contributed by atoms with Gasteiger partial charge in [0.05, 0.1) is 4.90 Å². The third-order valence-electron chi connectivity index (χ3n) is 4.66. The van der Waals surface area contributed by atoms with Gasteiger partial charge in [0.1, 0.15) is 0 Å². The molecule has 0 bridgehead atoms. The normalized spacial score (nSPS) is 15.9. The lowest BCUT2D eigenvalue weighted by atomic mass is 10.2. The summed E-state index contributed by atoms with van der Waals surface area (Å²) >= 11 is 0. The molecule has 7 nitrogen and oxygen atoms in total. The van der Waals surface area contributed by atoms with E-state index in [1.807, 2.05) is 0 Å². The number of benzene rings is 1. The van der Waals surface area contributed by atoms with Gasteiger partial charge in [-0.15, -0.1) is 0 Å². The summed E-state index contributed by atoms with van der Waals surface area (Å²) in [6.07, 6.45) is 5.31. The number of aryl methyl sites for hydroxylation is 1. The molecule has 0 unspecified atom stereocenters. The Morgan fingerprint density at radius 1 is 1.04 bits per heavy atom. The summed E-state index contributed by atoms with van der Waals surface area (Å²) in [4.78, 5) is 24.2. The number of hydrogen-bond acceptors (Lipinski definition) is 4. The van der Waals surface area contributed by atoms with Crippen LogP contribution in [-0.2, 0) is 17.1 Å². The fourth-order valence-corrected chi connectivity index (χ4v) is 4.62. The highest BCUT2D eigenvalue weighted by molar-refractivity contribution is 7.89. The van der Waals surface area contributed by atoms with E-state index in [-0.39, 0.29) is 16.0 Å². The lowest BCUT2D eigenvalue weighted by Crippen LogP contribution is -2.32. The van der Waals surface area contributed by atoms with Gasteiger partial charge < -0.3 is 9.88 Å². The highest BCUT2D eigenvalue weighted by Gasteiger charge is 2.25. The first-order valence-electron chi connectivity index (χ1n) is 8.96. The summed E-state index contributed by atoms with van der Waals surface area (Å²) < 4.78 is 28.7. The molecule has 1 aromatic heterocycles. The van der Waals surface area contributed by atoms with Crippen LogP contribution in [0.25, 0.3) is 0 Å². The predicted molar refractivity (Wildman–Crippen MR) is 103 cm³/mol. The summed E-state index contributed by atoms with van der Waals surface area (Å²) in [6.45, 7) is 1.04. The minimum atomic E-state index is -3.59. The van der Waals surface area contributed by atoms with E-state index in [4.69, 9.17) is 0 Å². The van der Waals surface area contributed by atoms with Crippen LogP contribution in [-0.4, -0.2) is 36.3 Å². The van der Waals surface area contributed by atoms with Crippen LogP contribution >= 0.6 is 0 Å². The molecule has 1 N–H and O–H groups in total. The minimum absolute atomic E-state index is 0.158. The molecule has 0 spiro atoms. The van der Waals surface area contributed by atoms with Crippen LogP contribution in [0.1, 0.15) is 36.0 Å². The number of carbonyl (C=O) groups is 1.